The van der Waals surface area contributed by atoms with E-state index in [2.05, 4.69) is 15.5 Å². The Bertz CT molecular complexity index is 841. The number of amides is 1. The van der Waals surface area contributed by atoms with Crippen LogP contribution in [0.15, 0.2) is 42.6 Å². The van der Waals surface area contributed by atoms with E-state index in [0.717, 1.165) is 10.9 Å². The zero-order valence-electron chi connectivity index (χ0n) is 10.9. The fourth-order valence-corrected chi connectivity index (χ4v) is 2.26. The van der Waals surface area contributed by atoms with Gasteiger partial charge in [-0.25, -0.2) is 0 Å². The third-order valence-corrected chi connectivity index (χ3v) is 3.33. The first kappa shape index (κ1) is 11.8. The Morgan fingerprint density at radius 1 is 1.14 bits per heavy atom. The number of carbonyl (C=O) groups is 1. The minimum atomic E-state index is -0.198. The van der Waals surface area contributed by atoms with Crippen LogP contribution < -0.4 is 14.8 Å². The number of nitrogens with zero attached hydrogens (tertiary/aromatic N) is 1. The van der Waals surface area contributed by atoms with Gasteiger partial charge in [0, 0.05) is 16.6 Å². The molecule has 0 saturated heterocycles. The van der Waals surface area contributed by atoms with Crippen molar-refractivity contribution in [3.8, 4) is 11.5 Å². The molecule has 2 N–H and O–H groups in total. The summed E-state index contributed by atoms with van der Waals surface area (Å²) in [5, 5.41) is 10.6. The molecule has 1 aromatic heterocycles. The van der Waals surface area contributed by atoms with Crippen LogP contribution in [0.4, 0.5) is 5.69 Å². The van der Waals surface area contributed by atoms with Gasteiger partial charge in [-0.2, -0.15) is 5.10 Å². The topological polar surface area (TPSA) is 76.2 Å². The maximum Gasteiger partial charge on any atom is 0.255 e. The van der Waals surface area contributed by atoms with Gasteiger partial charge >= 0.3 is 0 Å². The van der Waals surface area contributed by atoms with Gasteiger partial charge in [0.1, 0.15) is 0 Å². The highest BCUT2D eigenvalue weighted by molar-refractivity contribution is 6.05. The van der Waals surface area contributed by atoms with E-state index in [-0.39, 0.29) is 12.7 Å². The second-order valence-electron chi connectivity index (χ2n) is 4.69. The SMILES string of the molecule is O=C(Nc1ccc2[nH]ncc2c1)c1ccc2c(c1)OCO2. The van der Waals surface area contributed by atoms with Crippen molar-refractivity contribution in [2.24, 2.45) is 0 Å². The van der Waals surface area contributed by atoms with Crippen molar-refractivity contribution < 1.29 is 14.3 Å². The lowest BCUT2D eigenvalue weighted by atomic mass is 10.1. The Hall–Kier alpha value is -3.02. The van der Waals surface area contributed by atoms with Gasteiger partial charge in [0.25, 0.3) is 5.91 Å². The molecule has 1 aliphatic rings. The van der Waals surface area contributed by atoms with Crippen LogP contribution in [0.1, 0.15) is 10.4 Å². The Kier molecular flexibility index (Phi) is 2.53. The summed E-state index contributed by atoms with van der Waals surface area (Å²) in [6.07, 6.45) is 1.71. The fraction of sp³-hybridized carbons (Fsp3) is 0.0667. The molecule has 6 heteroatoms. The van der Waals surface area contributed by atoms with Crippen molar-refractivity contribution in [2.75, 3.05) is 12.1 Å². The summed E-state index contributed by atoms with van der Waals surface area (Å²) in [4.78, 5) is 12.3. The number of fused-ring (bicyclic) bond motifs is 2. The van der Waals surface area contributed by atoms with Crippen molar-refractivity contribution >= 4 is 22.5 Å². The lowest BCUT2D eigenvalue weighted by Gasteiger charge is -2.06. The maximum atomic E-state index is 12.3. The Labute approximate surface area is 119 Å². The van der Waals surface area contributed by atoms with Crippen molar-refractivity contribution in [2.45, 2.75) is 0 Å². The van der Waals surface area contributed by atoms with E-state index in [0.29, 0.717) is 22.7 Å². The third kappa shape index (κ3) is 2.06. The number of rotatable bonds is 2. The van der Waals surface area contributed by atoms with Crippen molar-refractivity contribution in [1.29, 1.82) is 0 Å². The van der Waals surface area contributed by atoms with E-state index < -0.39 is 0 Å². The molecule has 0 saturated carbocycles. The largest absolute Gasteiger partial charge is 0.454 e. The van der Waals surface area contributed by atoms with Gasteiger partial charge in [-0.05, 0) is 36.4 Å². The lowest BCUT2D eigenvalue weighted by molar-refractivity contribution is 0.102. The number of hydrogen-bond acceptors (Lipinski definition) is 4. The summed E-state index contributed by atoms with van der Waals surface area (Å²) in [7, 11) is 0. The van der Waals surface area contributed by atoms with E-state index in [1.165, 1.54) is 0 Å². The van der Waals surface area contributed by atoms with Crippen molar-refractivity contribution in [1.82, 2.24) is 10.2 Å². The van der Waals surface area contributed by atoms with Gasteiger partial charge in [-0.15, -0.1) is 0 Å². The van der Waals surface area contributed by atoms with E-state index >= 15 is 0 Å². The quantitative estimate of drug-likeness (QED) is 0.756. The normalized spacial score (nSPS) is 12.6. The first-order chi connectivity index (χ1) is 10.3. The summed E-state index contributed by atoms with van der Waals surface area (Å²) >= 11 is 0. The summed E-state index contributed by atoms with van der Waals surface area (Å²) in [5.41, 5.74) is 2.16. The fourth-order valence-electron chi connectivity index (χ4n) is 2.26. The first-order valence-electron chi connectivity index (χ1n) is 6.44. The molecule has 0 aliphatic carbocycles. The highest BCUT2D eigenvalue weighted by Crippen LogP contribution is 2.32. The molecule has 3 aromatic rings. The second-order valence-corrected chi connectivity index (χ2v) is 4.69. The number of anilines is 1. The molecule has 2 heterocycles. The average Bonchev–Trinajstić information content (AvgIpc) is 3.14. The molecule has 104 valence electrons. The standard InChI is InChI=1S/C15H11N3O3/c19-15(9-1-4-13-14(6-9)21-8-20-13)17-11-2-3-12-10(5-11)7-16-18-12/h1-7H,8H2,(H,16,18)(H,17,19). The molecule has 21 heavy (non-hydrogen) atoms. The molecule has 1 aliphatic heterocycles. The molecule has 1 amide bonds. The Morgan fingerprint density at radius 2 is 2.05 bits per heavy atom. The zero-order chi connectivity index (χ0) is 14.2. The number of aromatic nitrogens is 2. The predicted octanol–water partition coefficient (Wildman–Crippen LogP) is 2.54. The molecule has 0 atom stereocenters. The molecule has 6 nitrogen and oxygen atoms in total. The molecule has 0 unspecified atom stereocenters. The molecule has 4 rings (SSSR count). The van der Waals surface area contributed by atoms with Crippen LogP contribution in [0.25, 0.3) is 10.9 Å². The molecular formula is C15H11N3O3. The number of ether oxygens (including phenoxy) is 2. The number of hydrogen-bond donors (Lipinski definition) is 2. The van der Waals surface area contributed by atoms with E-state index in [4.69, 9.17) is 9.47 Å². The number of aromatic amines is 1. The number of carbonyl (C=O) groups excluding carboxylic acids is 1. The van der Waals surface area contributed by atoms with Gasteiger partial charge < -0.3 is 14.8 Å². The van der Waals surface area contributed by atoms with Crippen molar-refractivity contribution in [3.05, 3.63) is 48.2 Å². The summed E-state index contributed by atoms with van der Waals surface area (Å²) in [5.74, 6) is 1.05. The minimum absolute atomic E-state index is 0.192. The van der Waals surface area contributed by atoms with Gasteiger partial charge in [0.2, 0.25) is 6.79 Å². The second kappa shape index (κ2) is 4.52. The van der Waals surface area contributed by atoms with Crippen LogP contribution in [0.5, 0.6) is 11.5 Å². The third-order valence-electron chi connectivity index (χ3n) is 3.33. The highest BCUT2D eigenvalue weighted by Gasteiger charge is 2.16. The zero-order valence-corrected chi connectivity index (χ0v) is 10.9. The molecule has 0 radical (unpaired) electrons. The van der Waals surface area contributed by atoms with Gasteiger partial charge in [0.15, 0.2) is 11.5 Å². The monoisotopic (exact) mass is 281 g/mol. The maximum absolute atomic E-state index is 12.3. The summed E-state index contributed by atoms with van der Waals surface area (Å²) < 4.78 is 10.5. The van der Waals surface area contributed by atoms with Crippen LogP contribution in [0, 0.1) is 0 Å². The highest BCUT2D eigenvalue weighted by atomic mass is 16.7. The van der Waals surface area contributed by atoms with Crippen LogP contribution in [0.2, 0.25) is 0 Å². The van der Waals surface area contributed by atoms with Gasteiger partial charge in [0.05, 0.1) is 11.7 Å². The Balaban J connectivity index is 1.59. The number of benzene rings is 2. The predicted molar refractivity (Wildman–Crippen MR) is 76.6 cm³/mol. The van der Waals surface area contributed by atoms with E-state index in [1.807, 2.05) is 18.2 Å². The molecule has 2 aromatic carbocycles. The summed E-state index contributed by atoms with van der Waals surface area (Å²) in [6.45, 7) is 0.192. The molecule has 0 bridgehead atoms. The van der Waals surface area contributed by atoms with Crippen LogP contribution in [-0.2, 0) is 0 Å². The first-order valence-corrected chi connectivity index (χ1v) is 6.44. The molecular weight excluding hydrogens is 270 g/mol. The van der Waals surface area contributed by atoms with Crippen LogP contribution in [0.3, 0.4) is 0 Å². The molecule has 0 fully saturated rings. The Morgan fingerprint density at radius 3 is 3.00 bits per heavy atom. The van der Waals surface area contributed by atoms with E-state index in [9.17, 15) is 4.79 Å². The smallest absolute Gasteiger partial charge is 0.255 e. The lowest BCUT2D eigenvalue weighted by Crippen LogP contribution is -2.11. The number of H-pyrrole nitrogens is 1. The van der Waals surface area contributed by atoms with Crippen molar-refractivity contribution in [3.63, 3.8) is 0 Å². The summed E-state index contributed by atoms with van der Waals surface area (Å²) in [6, 6.07) is 10.7. The van der Waals surface area contributed by atoms with Crippen LogP contribution in [-0.4, -0.2) is 22.9 Å². The number of nitrogens with one attached hydrogen (secondary N) is 2. The minimum Gasteiger partial charge on any atom is -0.454 e. The van der Waals surface area contributed by atoms with Gasteiger partial charge in [-0.3, -0.25) is 9.89 Å². The average molecular weight is 281 g/mol. The molecule has 0 spiro atoms. The van der Waals surface area contributed by atoms with Crippen LogP contribution >= 0.6 is 0 Å². The van der Waals surface area contributed by atoms with Gasteiger partial charge in [-0.1, -0.05) is 0 Å². The van der Waals surface area contributed by atoms with E-state index in [1.54, 1.807) is 24.4 Å².